The zero-order valence-corrected chi connectivity index (χ0v) is 29.7. The van der Waals surface area contributed by atoms with Gasteiger partial charge >= 0.3 is 0 Å². The van der Waals surface area contributed by atoms with Crippen LogP contribution in [0.1, 0.15) is 56.3 Å². The van der Waals surface area contributed by atoms with Crippen molar-refractivity contribution in [3.8, 4) is 11.5 Å². The first-order chi connectivity index (χ1) is 23.8. The zero-order chi connectivity index (χ0) is 36.4. The van der Waals surface area contributed by atoms with E-state index in [-0.39, 0.29) is 78.1 Å². The summed E-state index contributed by atoms with van der Waals surface area (Å²) in [5.41, 5.74) is 7.40. The van der Waals surface area contributed by atoms with Gasteiger partial charge in [-0.1, -0.05) is 31.5 Å². The van der Waals surface area contributed by atoms with Gasteiger partial charge in [-0.25, -0.2) is 8.42 Å². The number of rotatable bonds is 15. The van der Waals surface area contributed by atoms with Crippen LogP contribution in [0.25, 0.3) is 0 Å². The normalized spacial score (nSPS) is 16.8. The highest BCUT2D eigenvalue weighted by molar-refractivity contribution is 7.89. The Morgan fingerprint density at radius 1 is 1.00 bits per heavy atom. The number of methoxy groups -OCH3 is 1. The monoisotopic (exact) mass is 709 g/mol. The number of fused-ring (bicyclic) bond motifs is 1. The number of sulfonamides is 1. The summed E-state index contributed by atoms with van der Waals surface area (Å²) < 4.78 is 39.9. The average molecular weight is 710 g/mol. The molecule has 1 aliphatic heterocycles. The largest absolute Gasteiger partial charge is 0.497 e. The number of aliphatic hydroxyl groups excluding tert-OH is 1. The second-order valence-corrected chi connectivity index (χ2v) is 14.6. The molecule has 0 fully saturated rings. The molecule has 1 aliphatic rings. The summed E-state index contributed by atoms with van der Waals surface area (Å²) >= 11 is 0. The number of benzene rings is 3. The maximum atomic E-state index is 13.8. The standard InChI is InChI=1S/C36H47N5O8S/c1-24-21-41(25(2)23-42)36(45)28-11-10-14-31(39-34(44)16-7-5-6-15-33(43)38-30-13-9-8-12-29(30)37)35(28)49-32(24)22-40(3)50(46,47)27-19-17-26(48-4)18-20-27/h8-14,17-20,24-25,32,42H,5-7,15-16,21-23,37H2,1-4H3,(H,38,43)(H,39,44)/t24-,25+,32+/m0/s1. The number of anilines is 3. The maximum absolute atomic E-state index is 13.8. The minimum atomic E-state index is -3.92. The number of nitrogens with two attached hydrogens (primary N) is 1. The summed E-state index contributed by atoms with van der Waals surface area (Å²) in [5, 5.41) is 15.6. The minimum Gasteiger partial charge on any atom is -0.497 e. The lowest BCUT2D eigenvalue weighted by molar-refractivity contribution is -0.116. The van der Waals surface area contributed by atoms with Crippen LogP contribution in [0.15, 0.2) is 71.6 Å². The Morgan fingerprint density at radius 2 is 1.62 bits per heavy atom. The van der Waals surface area contributed by atoms with Gasteiger partial charge in [0.15, 0.2) is 5.75 Å². The molecule has 13 nitrogen and oxygen atoms in total. The predicted octanol–water partition coefficient (Wildman–Crippen LogP) is 4.35. The van der Waals surface area contributed by atoms with Gasteiger partial charge in [-0.05, 0) is 68.3 Å². The van der Waals surface area contributed by atoms with Crippen molar-refractivity contribution in [1.29, 1.82) is 0 Å². The van der Waals surface area contributed by atoms with Gasteiger partial charge in [-0.3, -0.25) is 14.4 Å². The molecule has 4 rings (SSSR count). The second kappa shape index (κ2) is 17.3. The minimum absolute atomic E-state index is 0.0583. The van der Waals surface area contributed by atoms with E-state index in [0.29, 0.717) is 36.4 Å². The first-order valence-electron chi connectivity index (χ1n) is 16.6. The second-order valence-electron chi connectivity index (χ2n) is 12.5. The van der Waals surface area contributed by atoms with E-state index in [2.05, 4.69) is 10.6 Å². The molecule has 3 aromatic rings. The number of nitrogens with one attached hydrogen (secondary N) is 2. The molecule has 14 heteroatoms. The Balaban J connectivity index is 1.47. The molecule has 0 aliphatic carbocycles. The molecule has 0 aromatic heterocycles. The molecule has 0 radical (unpaired) electrons. The smallest absolute Gasteiger partial charge is 0.258 e. The Kier molecular flexibility index (Phi) is 13.2. The van der Waals surface area contributed by atoms with Gasteiger partial charge < -0.3 is 35.8 Å². The molecule has 0 saturated carbocycles. The lowest BCUT2D eigenvalue weighted by Gasteiger charge is -2.38. The van der Waals surface area contributed by atoms with E-state index in [0.717, 1.165) is 0 Å². The van der Waals surface area contributed by atoms with E-state index in [4.69, 9.17) is 15.2 Å². The average Bonchev–Trinajstić information content (AvgIpc) is 3.10. The number of para-hydroxylation sites is 3. The van der Waals surface area contributed by atoms with Crippen LogP contribution < -0.4 is 25.8 Å². The molecular formula is C36H47N5O8S. The molecule has 0 unspecified atom stereocenters. The zero-order valence-electron chi connectivity index (χ0n) is 28.9. The molecule has 3 amide bonds. The molecule has 5 N–H and O–H groups in total. The van der Waals surface area contributed by atoms with Gasteiger partial charge in [0, 0.05) is 32.4 Å². The van der Waals surface area contributed by atoms with Crippen LogP contribution in [-0.2, 0) is 19.6 Å². The van der Waals surface area contributed by atoms with Gasteiger partial charge in [0.05, 0.1) is 53.8 Å². The molecule has 3 atom stereocenters. The molecule has 0 saturated heterocycles. The molecule has 1 heterocycles. The third kappa shape index (κ3) is 9.52. The van der Waals surface area contributed by atoms with Gasteiger partial charge in [-0.15, -0.1) is 0 Å². The van der Waals surface area contributed by atoms with Gasteiger partial charge in [-0.2, -0.15) is 4.31 Å². The Hall–Kier alpha value is -4.66. The first kappa shape index (κ1) is 38.1. The number of hydrogen-bond donors (Lipinski definition) is 4. The summed E-state index contributed by atoms with van der Waals surface area (Å²) in [7, 11) is -0.963. The number of nitrogens with zero attached hydrogens (tertiary/aromatic N) is 2. The van der Waals surface area contributed by atoms with Crippen LogP contribution in [0.5, 0.6) is 11.5 Å². The van der Waals surface area contributed by atoms with Crippen molar-refractivity contribution in [1.82, 2.24) is 9.21 Å². The van der Waals surface area contributed by atoms with E-state index in [1.807, 2.05) is 6.92 Å². The summed E-state index contributed by atoms with van der Waals surface area (Å²) in [6, 6.07) is 17.4. The van der Waals surface area contributed by atoms with Gasteiger partial charge in [0.1, 0.15) is 11.9 Å². The fourth-order valence-corrected chi connectivity index (χ4v) is 6.81. The number of likely N-dealkylation sites (N-methyl/N-ethyl adjacent to an activating group) is 1. The lowest BCUT2D eigenvalue weighted by atomic mass is 9.99. The molecule has 0 bridgehead atoms. The third-order valence-corrected chi connectivity index (χ3v) is 10.6. The van der Waals surface area contributed by atoms with Crippen molar-refractivity contribution >= 4 is 44.8 Å². The molecule has 0 spiro atoms. The highest BCUT2D eigenvalue weighted by Gasteiger charge is 2.36. The number of hydrogen-bond acceptors (Lipinski definition) is 9. The van der Waals surface area contributed by atoms with E-state index in [9.17, 15) is 27.9 Å². The third-order valence-electron chi connectivity index (χ3n) is 8.71. The van der Waals surface area contributed by atoms with E-state index >= 15 is 0 Å². The quantitative estimate of drug-likeness (QED) is 0.132. The van der Waals surface area contributed by atoms with E-state index < -0.39 is 22.2 Å². The first-order valence-corrected chi connectivity index (χ1v) is 18.1. The number of aliphatic hydroxyl groups is 1. The fraction of sp³-hybridized carbons (Fsp3) is 0.417. The highest BCUT2D eigenvalue weighted by Crippen LogP contribution is 2.35. The van der Waals surface area contributed by atoms with Crippen LogP contribution in [0.3, 0.4) is 0 Å². The summed E-state index contributed by atoms with van der Waals surface area (Å²) in [5.74, 6) is -0.554. The topological polar surface area (TPSA) is 181 Å². The number of carbonyl (C=O) groups is 3. The van der Waals surface area contributed by atoms with Crippen molar-refractivity contribution in [2.45, 2.75) is 63.0 Å². The van der Waals surface area contributed by atoms with Gasteiger partial charge in [0.2, 0.25) is 21.8 Å². The predicted molar refractivity (Wildman–Crippen MR) is 192 cm³/mol. The maximum Gasteiger partial charge on any atom is 0.258 e. The molecule has 270 valence electrons. The Morgan fingerprint density at radius 3 is 2.24 bits per heavy atom. The fourth-order valence-electron chi connectivity index (χ4n) is 5.62. The van der Waals surface area contributed by atoms with Crippen molar-refractivity contribution in [3.05, 3.63) is 72.3 Å². The number of unbranched alkanes of at least 4 members (excludes halogenated alkanes) is 2. The van der Waals surface area contributed by atoms with Crippen molar-refractivity contribution in [3.63, 3.8) is 0 Å². The van der Waals surface area contributed by atoms with Gasteiger partial charge in [0.25, 0.3) is 5.91 Å². The Bertz CT molecular complexity index is 1750. The lowest BCUT2D eigenvalue weighted by Crippen LogP contribution is -2.50. The Labute approximate surface area is 293 Å². The number of amides is 3. The number of carbonyl (C=O) groups excluding carboxylic acids is 3. The van der Waals surface area contributed by atoms with Crippen LogP contribution in [0, 0.1) is 5.92 Å². The van der Waals surface area contributed by atoms with Crippen molar-refractivity contribution in [2.24, 2.45) is 5.92 Å². The molecule has 3 aromatic carbocycles. The highest BCUT2D eigenvalue weighted by atomic mass is 32.2. The van der Waals surface area contributed by atoms with Crippen molar-refractivity contribution in [2.75, 3.05) is 50.2 Å². The molecule has 50 heavy (non-hydrogen) atoms. The van der Waals surface area contributed by atoms with Crippen LogP contribution >= 0.6 is 0 Å². The van der Waals surface area contributed by atoms with E-state index in [1.54, 1.807) is 66.4 Å². The summed E-state index contributed by atoms with van der Waals surface area (Å²) in [6.45, 7) is 3.45. The SMILES string of the molecule is COc1ccc(S(=O)(=O)N(C)C[C@H]2Oc3c(NC(=O)CCCCCC(=O)Nc4ccccc4N)cccc3C(=O)N([C@H](C)CO)C[C@@H]2C)cc1. The molecular weight excluding hydrogens is 662 g/mol. The van der Waals surface area contributed by atoms with Crippen LogP contribution in [0.4, 0.5) is 17.1 Å². The van der Waals surface area contributed by atoms with Crippen LogP contribution in [0.2, 0.25) is 0 Å². The van der Waals surface area contributed by atoms with Crippen LogP contribution in [-0.4, -0.2) is 86.5 Å². The summed E-state index contributed by atoms with van der Waals surface area (Å²) in [4.78, 5) is 40.9. The number of ether oxygens (including phenoxy) is 2. The summed E-state index contributed by atoms with van der Waals surface area (Å²) in [6.07, 6.45) is 1.45. The number of nitrogen functional groups attached to an aromatic ring is 1. The van der Waals surface area contributed by atoms with E-state index in [1.165, 1.54) is 30.6 Å². The van der Waals surface area contributed by atoms with Crippen molar-refractivity contribution < 1.29 is 37.4 Å².